The first-order valence-corrected chi connectivity index (χ1v) is 12.1. The zero-order valence-electron chi connectivity index (χ0n) is 17.7. The van der Waals surface area contributed by atoms with Crippen molar-refractivity contribution in [3.63, 3.8) is 0 Å². The summed E-state index contributed by atoms with van der Waals surface area (Å²) in [6.45, 7) is 2.79. The molecule has 1 amide bonds. The van der Waals surface area contributed by atoms with Gasteiger partial charge in [-0.3, -0.25) is 14.5 Å². The number of H-pyrrole nitrogens is 1. The molecular weight excluding hydrogens is 408 g/mol. The van der Waals surface area contributed by atoms with E-state index in [1.807, 2.05) is 6.07 Å². The first-order valence-electron chi connectivity index (χ1n) is 11.2. The molecule has 1 unspecified atom stereocenters. The molecule has 0 spiro atoms. The normalized spacial score (nSPS) is 18.9. The first-order chi connectivity index (χ1) is 15.2. The van der Waals surface area contributed by atoms with E-state index in [1.54, 1.807) is 11.3 Å². The molecule has 0 bridgehead atoms. The molecule has 0 radical (unpaired) electrons. The van der Waals surface area contributed by atoms with Crippen LogP contribution in [0.5, 0.6) is 0 Å². The average molecular weight is 437 g/mol. The smallest absolute Gasteiger partial charge is 0.259 e. The number of thiophene rings is 1. The lowest BCUT2D eigenvalue weighted by Gasteiger charge is -2.16. The minimum Gasteiger partial charge on any atom is -0.352 e. The number of aromatic nitrogens is 2. The number of amides is 1. The van der Waals surface area contributed by atoms with E-state index in [0.717, 1.165) is 55.5 Å². The second kappa shape index (κ2) is 8.93. The fourth-order valence-electron chi connectivity index (χ4n) is 4.79. The number of nitrogens with zero attached hydrogens (tertiary/aromatic N) is 2. The van der Waals surface area contributed by atoms with Gasteiger partial charge < -0.3 is 10.3 Å². The van der Waals surface area contributed by atoms with E-state index in [9.17, 15) is 9.59 Å². The maximum atomic E-state index is 12.6. The Hall–Kier alpha value is -2.51. The molecule has 1 aromatic carbocycles. The van der Waals surface area contributed by atoms with Gasteiger partial charge in [-0.15, -0.1) is 11.3 Å². The molecule has 3 heterocycles. The number of fused-ring (bicyclic) bond motifs is 3. The van der Waals surface area contributed by atoms with Crippen molar-refractivity contribution < 1.29 is 4.79 Å². The Morgan fingerprint density at radius 2 is 2.06 bits per heavy atom. The molecule has 1 atom stereocenters. The first kappa shape index (κ1) is 20.4. The molecule has 3 aromatic rings. The van der Waals surface area contributed by atoms with Crippen LogP contribution in [0.2, 0.25) is 0 Å². The van der Waals surface area contributed by atoms with Crippen LogP contribution in [0.25, 0.3) is 10.2 Å². The van der Waals surface area contributed by atoms with Crippen LogP contribution in [0.4, 0.5) is 0 Å². The predicted molar refractivity (Wildman–Crippen MR) is 123 cm³/mol. The number of likely N-dealkylation sites (tertiary alicyclic amines) is 1. The van der Waals surface area contributed by atoms with Crippen LogP contribution in [0, 0.1) is 0 Å². The van der Waals surface area contributed by atoms with E-state index in [2.05, 4.69) is 44.5 Å². The molecule has 1 saturated heterocycles. The largest absolute Gasteiger partial charge is 0.352 e. The fraction of sp³-hybridized carbons (Fsp3) is 0.458. The van der Waals surface area contributed by atoms with Crippen molar-refractivity contribution in [1.29, 1.82) is 0 Å². The zero-order chi connectivity index (χ0) is 21.2. The Morgan fingerprint density at radius 3 is 2.94 bits per heavy atom. The van der Waals surface area contributed by atoms with Gasteiger partial charge in [-0.05, 0) is 43.2 Å². The molecule has 2 aliphatic rings. The van der Waals surface area contributed by atoms with Crippen molar-refractivity contribution in [2.75, 3.05) is 13.1 Å². The molecule has 1 fully saturated rings. The third-order valence-corrected chi connectivity index (χ3v) is 7.54. The topological polar surface area (TPSA) is 78.1 Å². The number of hydrogen-bond donors (Lipinski definition) is 2. The minimum absolute atomic E-state index is 0.0276. The van der Waals surface area contributed by atoms with Crippen LogP contribution in [0.3, 0.4) is 0 Å². The summed E-state index contributed by atoms with van der Waals surface area (Å²) in [4.78, 5) is 37.3. The van der Waals surface area contributed by atoms with E-state index in [0.29, 0.717) is 18.7 Å². The Morgan fingerprint density at radius 1 is 1.23 bits per heavy atom. The third kappa shape index (κ3) is 4.57. The number of rotatable bonds is 6. The highest BCUT2D eigenvalue weighted by Crippen LogP contribution is 2.33. The molecule has 0 saturated carbocycles. The van der Waals surface area contributed by atoms with E-state index in [1.165, 1.54) is 22.4 Å². The molecule has 1 aliphatic heterocycles. The molecule has 6 nitrogen and oxygen atoms in total. The van der Waals surface area contributed by atoms with E-state index >= 15 is 0 Å². The number of aromatic amines is 1. The monoisotopic (exact) mass is 436 g/mol. The van der Waals surface area contributed by atoms with Crippen LogP contribution >= 0.6 is 11.3 Å². The summed E-state index contributed by atoms with van der Waals surface area (Å²) in [6, 6.07) is 10.6. The van der Waals surface area contributed by atoms with Crippen molar-refractivity contribution in [2.45, 2.75) is 57.5 Å². The molecule has 162 valence electrons. The number of benzene rings is 1. The van der Waals surface area contributed by atoms with Crippen LogP contribution in [-0.4, -0.2) is 39.9 Å². The van der Waals surface area contributed by atoms with Crippen molar-refractivity contribution in [3.05, 3.63) is 62.5 Å². The van der Waals surface area contributed by atoms with Gasteiger partial charge in [-0.2, -0.15) is 0 Å². The number of nitrogens with one attached hydrogen (secondary N) is 2. The molecule has 2 aromatic heterocycles. The third-order valence-electron chi connectivity index (χ3n) is 6.35. The second-order valence-electron chi connectivity index (χ2n) is 8.68. The lowest BCUT2D eigenvalue weighted by molar-refractivity contribution is -0.121. The van der Waals surface area contributed by atoms with Crippen LogP contribution in [0.15, 0.2) is 35.1 Å². The van der Waals surface area contributed by atoms with Gasteiger partial charge in [0.2, 0.25) is 5.91 Å². The van der Waals surface area contributed by atoms with Gasteiger partial charge in [0, 0.05) is 43.4 Å². The van der Waals surface area contributed by atoms with Crippen LogP contribution < -0.4 is 10.9 Å². The van der Waals surface area contributed by atoms with Crippen molar-refractivity contribution in [2.24, 2.45) is 0 Å². The summed E-state index contributed by atoms with van der Waals surface area (Å²) in [5, 5.41) is 3.93. The summed E-state index contributed by atoms with van der Waals surface area (Å²) in [5.41, 5.74) is 2.45. The standard InChI is InChI=1S/C24H28N4O2S/c29-21(25-17-12-13-28(15-17)14-16-6-2-1-3-7-16)11-10-20-26-23(30)22-18-8-4-5-9-19(18)31-24(22)27-20/h1-3,6-7,17H,4-5,8-15H2,(H,25,29)(H,26,27,30). The number of hydrogen-bond acceptors (Lipinski definition) is 5. The van der Waals surface area contributed by atoms with Gasteiger partial charge in [0.05, 0.1) is 5.39 Å². The van der Waals surface area contributed by atoms with Gasteiger partial charge in [-0.1, -0.05) is 30.3 Å². The number of aryl methyl sites for hydroxylation is 3. The Balaban J connectivity index is 1.16. The highest BCUT2D eigenvalue weighted by Gasteiger charge is 2.24. The minimum atomic E-state index is -0.0489. The summed E-state index contributed by atoms with van der Waals surface area (Å²) in [5.74, 6) is 0.642. The molecule has 2 N–H and O–H groups in total. The van der Waals surface area contributed by atoms with E-state index in [-0.39, 0.29) is 17.5 Å². The molecule has 31 heavy (non-hydrogen) atoms. The quantitative estimate of drug-likeness (QED) is 0.622. The number of carbonyl (C=O) groups is 1. The molecule has 5 rings (SSSR count). The summed E-state index contributed by atoms with van der Waals surface area (Å²) >= 11 is 1.65. The maximum Gasteiger partial charge on any atom is 0.259 e. The van der Waals surface area contributed by atoms with Crippen LogP contribution in [0.1, 0.15) is 47.5 Å². The predicted octanol–water partition coefficient (Wildman–Crippen LogP) is 3.19. The SMILES string of the molecule is O=C(CCc1nc2sc3c(c2c(=O)[nH]1)CCCC3)NC1CCN(Cc2ccccc2)C1. The average Bonchev–Trinajstić information content (AvgIpc) is 3.37. The van der Waals surface area contributed by atoms with Crippen molar-refractivity contribution in [3.8, 4) is 0 Å². The Kier molecular flexibility index (Phi) is 5.87. The van der Waals surface area contributed by atoms with E-state index in [4.69, 9.17) is 0 Å². The van der Waals surface area contributed by atoms with Gasteiger partial charge in [-0.25, -0.2) is 4.98 Å². The van der Waals surface area contributed by atoms with Gasteiger partial charge in [0.15, 0.2) is 0 Å². The van der Waals surface area contributed by atoms with Crippen molar-refractivity contribution >= 4 is 27.5 Å². The molecule has 7 heteroatoms. The second-order valence-corrected chi connectivity index (χ2v) is 9.76. The highest BCUT2D eigenvalue weighted by molar-refractivity contribution is 7.18. The summed E-state index contributed by atoms with van der Waals surface area (Å²) in [6.07, 6.45) is 6.13. The Labute approximate surface area is 185 Å². The molecular formula is C24H28N4O2S. The summed E-state index contributed by atoms with van der Waals surface area (Å²) in [7, 11) is 0. The lowest BCUT2D eigenvalue weighted by Crippen LogP contribution is -2.37. The van der Waals surface area contributed by atoms with Gasteiger partial charge in [0.1, 0.15) is 10.7 Å². The Bertz CT molecular complexity index is 1140. The van der Waals surface area contributed by atoms with Crippen molar-refractivity contribution in [1.82, 2.24) is 20.2 Å². The lowest BCUT2D eigenvalue weighted by atomic mass is 9.97. The van der Waals surface area contributed by atoms with Crippen LogP contribution in [-0.2, 0) is 30.6 Å². The van der Waals surface area contributed by atoms with Gasteiger partial charge in [0.25, 0.3) is 5.56 Å². The fourth-order valence-corrected chi connectivity index (χ4v) is 6.08. The number of carbonyl (C=O) groups excluding carboxylic acids is 1. The van der Waals surface area contributed by atoms with E-state index < -0.39 is 0 Å². The maximum absolute atomic E-state index is 12.6. The summed E-state index contributed by atoms with van der Waals surface area (Å²) < 4.78 is 0. The zero-order valence-corrected chi connectivity index (χ0v) is 18.5. The molecule has 1 aliphatic carbocycles. The van der Waals surface area contributed by atoms with Gasteiger partial charge >= 0.3 is 0 Å². The highest BCUT2D eigenvalue weighted by atomic mass is 32.1.